The number of nitrogens with zero attached hydrogens (tertiary/aromatic N) is 3. The molecule has 156 valence electrons. The van der Waals surface area contributed by atoms with E-state index in [1.165, 1.54) is 0 Å². The number of carbonyl (C=O) groups is 2. The largest absolute Gasteiger partial charge is 0.505 e. The molecule has 1 amide bonds. The van der Waals surface area contributed by atoms with Crippen molar-refractivity contribution in [3.63, 3.8) is 0 Å². The summed E-state index contributed by atoms with van der Waals surface area (Å²) in [7, 11) is 0. The molecular formula is C18H14F2N4O6. The second kappa shape index (κ2) is 8.11. The summed E-state index contributed by atoms with van der Waals surface area (Å²) in [6.45, 7) is 0.398. The fourth-order valence-corrected chi connectivity index (χ4v) is 2.52. The van der Waals surface area contributed by atoms with Crippen molar-refractivity contribution in [1.29, 1.82) is 0 Å². The number of amides is 1. The van der Waals surface area contributed by atoms with Gasteiger partial charge in [-0.1, -0.05) is 6.07 Å². The van der Waals surface area contributed by atoms with Gasteiger partial charge < -0.3 is 20.4 Å². The summed E-state index contributed by atoms with van der Waals surface area (Å²) in [4.78, 5) is 49.1. The fraction of sp³-hybridized carbons (Fsp3) is 0.167. The van der Waals surface area contributed by atoms with E-state index in [0.717, 1.165) is 37.5 Å². The second-order valence-corrected chi connectivity index (χ2v) is 6.06. The van der Waals surface area contributed by atoms with Crippen LogP contribution in [0, 0.1) is 11.6 Å². The second-order valence-electron chi connectivity index (χ2n) is 6.06. The van der Waals surface area contributed by atoms with Gasteiger partial charge >= 0.3 is 11.5 Å². The summed E-state index contributed by atoms with van der Waals surface area (Å²) in [5, 5.41) is 21.3. The van der Waals surface area contributed by atoms with Gasteiger partial charge in [-0.3, -0.25) is 14.4 Å². The number of hydrogen-bond acceptors (Lipinski definition) is 7. The minimum Gasteiger partial charge on any atom is -0.505 e. The third-order valence-corrected chi connectivity index (χ3v) is 4.08. The molecule has 2 aromatic heterocycles. The van der Waals surface area contributed by atoms with Crippen molar-refractivity contribution in [2.75, 3.05) is 0 Å². The first-order valence-corrected chi connectivity index (χ1v) is 8.41. The van der Waals surface area contributed by atoms with Crippen LogP contribution in [0.5, 0.6) is 5.75 Å². The lowest BCUT2D eigenvalue weighted by Gasteiger charge is -2.15. The van der Waals surface area contributed by atoms with Gasteiger partial charge in [0, 0.05) is 12.4 Å². The monoisotopic (exact) mass is 420 g/mol. The van der Waals surface area contributed by atoms with Crippen molar-refractivity contribution in [2.45, 2.75) is 19.6 Å². The molecule has 0 fully saturated rings. The zero-order valence-electron chi connectivity index (χ0n) is 15.3. The molecule has 0 saturated heterocycles. The number of aromatic nitrogens is 3. The van der Waals surface area contributed by atoms with Gasteiger partial charge in [-0.15, -0.1) is 4.73 Å². The maximum Gasteiger partial charge on any atom is 0.325 e. The zero-order chi connectivity index (χ0) is 22.0. The number of rotatable bonds is 6. The minimum atomic E-state index is -1.38. The number of halogens is 2. The van der Waals surface area contributed by atoms with Crippen LogP contribution < -0.4 is 15.7 Å². The van der Waals surface area contributed by atoms with Crippen molar-refractivity contribution in [2.24, 2.45) is 0 Å². The van der Waals surface area contributed by atoms with Gasteiger partial charge in [-0.25, -0.2) is 18.7 Å². The maximum atomic E-state index is 13.9. The summed E-state index contributed by atoms with van der Waals surface area (Å²) in [5.74, 6) is -5.30. The Labute approximate surface area is 166 Å². The SMILES string of the molecule is C[C@@H](NC(=O)c1c(O)c2nccnc2n(OCc2c(F)cccc2F)c1=O)C(=O)O. The lowest BCUT2D eigenvalue weighted by atomic mass is 10.2. The van der Waals surface area contributed by atoms with Crippen molar-refractivity contribution in [1.82, 2.24) is 20.0 Å². The summed E-state index contributed by atoms with van der Waals surface area (Å²) < 4.78 is 28.2. The van der Waals surface area contributed by atoms with Gasteiger partial charge in [-0.05, 0) is 19.1 Å². The molecule has 0 aliphatic carbocycles. The van der Waals surface area contributed by atoms with E-state index >= 15 is 0 Å². The van der Waals surface area contributed by atoms with E-state index in [-0.39, 0.29) is 11.2 Å². The first-order valence-electron chi connectivity index (χ1n) is 8.41. The van der Waals surface area contributed by atoms with E-state index in [1.807, 2.05) is 5.32 Å². The quantitative estimate of drug-likeness (QED) is 0.526. The van der Waals surface area contributed by atoms with E-state index in [1.54, 1.807) is 0 Å². The molecule has 1 aromatic carbocycles. The minimum absolute atomic E-state index is 0.320. The molecule has 0 spiro atoms. The molecule has 0 unspecified atom stereocenters. The third-order valence-electron chi connectivity index (χ3n) is 4.08. The summed E-state index contributed by atoms with van der Waals surface area (Å²) in [5.41, 5.74) is -3.23. The van der Waals surface area contributed by atoms with Crippen LogP contribution in [-0.2, 0) is 11.4 Å². The predicted molar refractivity (Wildman–Crippen MR) is 96.7 cm³/mol. The van der Waals surface area contributed by atoms with Crippen molar-refractivity contribution in [3.05, 3.63) is 63.7 Å². The van der Waals surface area contributed by atoms with Crippen molar-refractivity contribution in [3.8, 4) is 5.75 Å². The Kier molecular flexibility index (Phi) is 5.58. The van der Waals surface area contributed by atoms with Gasteiger partial charge in [0.2, 0.25) is 5.65 Å². The summed E-state index contributed by atoms with van der Waals surface area (Å²) >= 11 is 0. The van der Waals surface area contributed by atoms with Crippen LogP contribution in [0.15, 0.2) is 35.4 Å². The first kappa shape index (κ1) is 20.6. The van der Waals surface area contributed by atoms with Crippen LogP contribution in [0.2, 0.25) is 0 Å². The Hall–Kier alpha value is -4.09. The molecule has 10 nitrogen and oxygen atoms in total. The molecule has 3 rings (SSSR count). The number of carboxylic acids is 1. The maximum absolute atomic E-state index is 13.9. The van der Waals surface area contributed by atoms with E-state index in [4.69, 9.17) is 9.94 Å². The molecule has 2 heterocycles. The van der Waals surface area contributed by atoms with Gasteiger partial charge in [0.15, 0.2) is 16.8 Å². The first-order chi connectivity index (χ1) is 14.2. The Bertz CT molecular complexity index is 1190. The number of hydrogen-bond donors (Lipinski definition) is 3. The van der Waals surface area contributed by atoms with Gasteiger partial charge in [-0.2, -0.15) is 0 Å². The Balaban J connectivity index is 2.11. The number of nitrogens with one attached hydrogen (secondary N) is 1. The van der Waals surface area contributed by atoms with Crippen LogP contribution in [0.4, 0.5) is 8.78 Å². The highest BCUT2D eigenvalue weighted by Crippen LogP contribution is 2.23. The molecule has 0 aliphatic rings. The smallest absolute Gasteiger partial charge is 0.325 e. The highest BCUT2D eigenvalue weighted by Gasteiger charge is 2.27. The molecule has 3 aromatic rings. The molecule has 1 atom stereocenters. The fourth-order valence-electron chi connectivity index (χ4n) is 2.52. The van der Waals surface area contributed by atoms with Crippen LogP contribution in [0.25, 0.3) is 11.2 Å². The molecule has 0 radical (unpaired) electrons. The normalized spacial score (nSPS) is 11.8. The molecule has 30 heavy (non-hydrogen) atoms. The molecular weight excluding hydrogens is 406 g/mol. The van der Waals surface area contributed by atoms with Crippen molar-refractivity contribution >= 4 is 23.0 Å². The number of aromatic hydroxyl groups is 1. The Morgan fingerprint density at radius 3 is 2.50 bits per heavy atom. The lowest BCUT2D eigenvalue weighted by Crippen LogP contribution is -2.42. The molecule has 0 bridgehead atoms. The lowest BCUT2D eigenvalue weighted by molar-refractivity contribution is -0.138. The predicted octanol–water partition coefficient (Wildman–Crippen LogP) is 0.607. The van der Waals surface area contributed by atoms with Crippen LogP contribution in [0.1, 0.15) is 22.8 Å². The molecule has 0 saturated carbocycles. The Morgan fingerprint density at radius 1 is 1.23 bits per heavy atom. The highest BCUT2D eigenvalue weighted by atomic mass is 19.1. The average Bonchev–Trinajstić information content (AvgIpc) is 2.69. The topological polar surface area (TPSA) is 144 Å². The highest BCUT2D eigenvalue weighted by molar-refractivity contribution is 6.02. The van der Waals surface area contributed by atoms with E-state index < -0.39 is 58.6 Å². The number of fused-ring (bicyclic) bond motifs is 1. The van der Waals surface area contributed by atoms with Gasteiger partial charge in [0.05, 0.1) is 5.56 Å². The molecule has 12 heteroatoms. The van der Waals surface area contributed by atoms with Crippen molar-refractivity contribution < 1.29 is 33.4 Å². The summed E-state index contributed by atoms with van der Waals surface area (Å²) in [6.07, 6.45) is 2.33. The number of pyridine rings is 1. The molecule has 3 N–H and O–H groups in total. The summed E-state index contributed by atoms with van der Waals surface area (Å²) in [6, 6.07) is 1.75. The van der Waals surface area contributed by atoms with Crippen LogP contribution in [-0.4, -0.2) is 42.8 Å². The molecule has 0 aliphatic heterocycles. The third kappa shape index (κ3) is 3.74. The van der Waals surface area contributed by atoms with E-state index in [9.17, 15) is 28.3 Å². The van der Waals surface area contributed by atoms with Crippen LogP contribution >= 0.6 is 0 Å². The number of benzene rings is 1. The van der Waals surface area contributed by atoms with E-state index in [0.29, 0.717) is 4.73 Å². The van der Waals surface area contributed by atoms with Gasteiger partial charge in [0.1, 0.15) is 24.3 Å². The number of aliphatic carboxylic acids is 1. The van der Waals surface area contributed by atoms with Crippen LogP contribution in [0.3, 0.4) is 0 Å². The van der Waals surface area contributed by atoms with E-state index in [2.05, 4.69) is 9.97 Å². The number of carbonyl (C=O) groups excluding carboxylic acids is 1. The van der Waals surface area contributed by atoms with Gasteiger partial charge in [0.25, 0.3) is 5.91 Å². The number of carboxylic acid groups (broad SMARTS) is 1. The standard InChI is InChI=1S/C18H14F2N4O6/c1-8(18(28)29)23-16(26)12-14(25)13-15(22-6-5-21-13)24(17(12)27)30-7-9-10(19)3-2-4-11(9)20/h2-6,8,25H,7H2,1H3,(H,23,26)(H,28,29)/t8-/m1/s1. The average molecular weight is 420 g/mol. The Morgan fingerprint density at radius 2 is 1.87 bits per heavy atom. The zero-order valence-corrected chi connectivity index (χ0v) is 15.3.